The number of rotatable bonds is 7. The number of aryl methyl sites for hydroxylation is 1. The molecule has 0 fully saturated rings. The highest BCUT2D eigenvalue weighted by atomic mass is 16.5. The van der Waals surface area contributed by atoms with Crippen LogP contribution in [0, 0.1) is 6.92 Å². The Labute approximate surface area is 110 Å². The molecule has 102 valence electrons. The van der Waals surface area contributed by atoms with Gasteiger partial charge in [-0.25, -0.2) is 0 Å². The van der Waals surface area contributed by atoms with Crippen molar-refractivity contribution in [3.63, 3.8) is 0 Å². The van der Waals surface area contributed by atoms with Crippen molar-refractivity contribution in [2.75, 3.05) is 26.2 Å². The van der Waals surface area contributed by atoms with Crippen LogP contribution >= 0.6 is 0 Å². The van der Waals surface area contributed by atoms with Gasteiger partial charge in [0.2, 0.25) is 0 Å². The lowest BCUT2D eigenvalue weighted by molar-refractivity contribution is 0.184. The quantitative estimate of drug-likeness (QED) is 0.809. The molecular formula is C15H25NO2. The lowest BCUT2D eigenvalue weighted by Gasteiger charge is -2.19. The molecular weight excluding hydrogens is 226 g/mol. The molecule has 0 aliphatic carbocycles. The molecule has 1 N–H and O–H groups in total. The van der Waals surface area contributed by atoms with Gasteiger partial charge in [-0.05, 0) is 38.6 Å². The van der Waals surface area contributed by atoms with Crippen LogP contribution in [-0.2, 0) is 0 Å². The first-order valence-corrected chi connectivity index (χ1v) is 6.72. The third-order valence-electron chi connectivity index (χ3n) is 3.18. The second-order valence-electron chi connectivity index (χ2n) is 4.59. The van der Waals surface area contributed by atoms with Crippen LogP contribution in [-0.4, -0.2) is 36.2 Å². The van der Waals surface area contributed by atoms with Gasteiger partial charge in [-0.15, -0.1) is 0 Å². The summed E-state index contributed by atoms with van der Waals surface area (Å²) >= 11 is 0. The van der Waals surface area contributed by atoms with Crippen molar-refractivity contribution in [1.82, 2.24) is 4.90 Å². The Morgan fingerprint density at radius 1 is 1.28 bits per heavy atom. The summed E-state index contributed by atoms with van der Waals surface area (Å²) in [5.41, 5.74) is 2.01. The van der Waals surface area contributed by atoms with E-state index in [0.717, 1.165) is 36.5 Å². The number of aliphatic hydroxyl groups excluding tert-OH is 1. The van der Waals surface area contributed by atoms with Crippen LogP contribution in [0.1, 0.15) is 38.0 Å². The summed E-state index contributed by atoms with van der Waals surface area (Å²) in [6, 6.07) is 5.93. The molecule has 0 spiro atoms. The number of hydrogen-bond acceptors (Lipinski definition) is 3. The van der Waals surface area contributed by atoms with E-state index in [2.05, 4.69) is 18.7 Å². The van der Waals surface area contributed by atoms with Gasteiger partial charge < -0.3 is 14.7 Å². The highest BCUT2D eigenvalue weighted by molar-refractivity contribution is 5.38. The van der Waals surface area contributed by atoms with E-state index in [9.17, 15) is 5.11 Å². The van der Waals surface area contributed by atoms with E-state index in [0.29, 0.717) is 6.61 Å². The molecule has 0 radical (unpaired) electrons. The van der Waals surface area contributed by atoms with Crippen molar-refractivity contribution in [2.45, 2.75) is 33.8 Å². The van der Waals surface area contributed by atoms with Crippen LogP contribution in [0.5, 0.6) is 5.75 Å². The molecule has 18 heavy (non-hydrogen) atoms. The molecule has 0 saturated carbocycles. The summed E-state index contributed by atoms with van der Waals surface area (Å²) in [6.45, 7) is 11.7. The van der Waals surface area contributed by atoms with E-state index in [1.54, 1.807) is 6.92 Å². The predicted molar refractivity (Wildman–Crippen MR) is 75.1 cm³/mol. The normalized spacial score (nSPS) is 12.8. The third kappa shape index (κ3) is 4.31. The van der Waals surface area contributed by atoms with Gasteiger partial charge in [0, 0.05) is 12.1 Å². The molecule has 1 rings (SSSR count). The highest BCUT2D eigenvalue weighted by Crippen LogP contribution is 2.26. The number of aliphatic hydroxyl groups is 1. The van der Waals surface area contributed by atoms with Gasteiger partial charge >= 0.3 is 0 Å². The van der Waals surface area contributed by atoms with Gasteiger partial charge in [0.15, 0.2) is 0 Å². The van der Waals surface area contributed by atoms with Crippen LogP contribution in [0.25, 0.3) is 0 Å². The van der Waals surface area contributed by atoms with Gasteiger partial charge in [0.05, 0.1) is 6.10 Å². The van der Waals surface area contributed by atoms with Crippen LogP contribution < -0.4 is 4.74 Å². The van der Waals surface area contributed by atoms with Gasteiger partial charge in [-0.2, -0.15) is 0 Å². The van der Waals surface area contributed by atoms with E-state index < -0.39 is 6.10 Å². The Morgan fingerprint density at radius 3 is 2.50 bits per heavy atom. The van der Waals surface area contributed by atoms with Crippen molar-refractivity contribution in [3.05, 3.63) is 29.3 Å². The predicted octanol–water partition coefficient (Wildman–Crippen LogP) is 2.77. The molecule has 1 aromatic carbocycles. The largest absolute Gasteiger partial charge is 0.492 e. The average molecular weight is 251 g/mol. The first-order chi connectivity index (χ1) is 8.58. The minimum absolute atomic E-state index is 0.492. The minimum Gasteiger partial charge on any atom is -0.492 e. The molecule has 1 aromatic rings. The number of ether oxygens (including phenoxy) is 1. The number of hydrogen-bond donors (Lipinski definition) is 1. The molecule has 1 atom stereocenters. The molecule has 0 aromatic heterocycles. The maximum absolute atomic E-state index is 9.71. The summed E-state index contributed by atoms with van der Waals surface area (Å²) in [4.78, 5) is 2.32. The van der Waals surface area contributed by atoms with Crippen LogP contribution in [0.3, 0.4) is 0 Å². The molecule has 0 saturated heterocycles. The summed E-state index contributed by atoms with van der Waals surface area (Å²) in [5, 5.41) is 9.71. The van der Waals surface area contributed by atoms with Crippen molar-refractivity contribution in [3.8, 4) is 5.75 Å². The standard InChI is InChI=1S/C15H25NO2/c1-5-16(6-2)9-10-18-15-11-12(3)7-8-14(15)13(4)17/h7-8,11,13,17H,5-6,9-10H2,1-4H3/t13-/m1/s1. The maximum Gasteiger partial charge on any atom is 0.125 e. The summed E-state index contributed by atoms with van der Waals surface area (Å²) in [5.74, 6) is 0.803. The summed E-state index contributed by atoms with van der Waals surface area (Å²) < 4.78 is 5.81. The topological polar surface area (TPSA) is 32.7 Å². The Balaban J connectivity index is 2.63. The van der Waals surface area contributed by atoms with Crippen molar-refractivity contribution in [1.29, 1.82) is 0 Å². The SMILES string of the molecule is CCN(CC)CCOc1cc(C)ccc1[C@@H](C)O. The number of likely N-dealkylation sites (N-methyl/N-ethyl adjacent to an activating group) is 1. The second kappa shape index (κ2) is 7.39. The Bertz CT molecular complexity index is 360. The number of nitrogens with zero attached hydrogens (tertiary/aromatic N) is 1. The van der Waals surface area contributed by atoms with E-state index >= 15 is 0 Å². The fourth-order valence-electron chi connectivity index (χ4n) is 1.94. The lowest BCUT2D eigenvalue weighted by atomic mass is 10.1. The second-order valence-corrected chi connectivity index (χ2v) is 4.59. The first-order valence-electron chi connectivity index (χ1n) is 6.72. The van der Waals surface area contributed by atoms with Gasteiger partial charge in [0.1, 0.15) is 12.4 Å². The molecule has 0 aliphatic heterocycles. The third-order valence-corrected chi connectivity index (χ3v) is 3.18. The highest BCUT2D eigenvalue weighted by Gasteiger charge is 2.09. The number of benzene rings is 1. The van der Waals surface area contributed by atoms with E-state index in [1.165, 1.54) is 0 Å². The summed E-state index contributed by atoms with van der Waals surface area (Å²) in [6.07, 6.45) is -0.492. The Morgan fingerprint density at radius 2 is 1.94 bits per heavy atom. The zero-order valence-corrected chi connectivity index (χ0v) is 11.9. The molecule has 3 nitrogen and oxygen atoms in total. The van der Waals surface area contributed by atoms with Gasteiger partial charge in [-0.3, -0.25) is 0 Å². The molecule has 0 bridgehead atoms. The lowest BCUT2D eigenvalue weighted by Crippen LogP contribution is -2.28. The summed E-state index contributed by atoms with van der Waals surface area (Å²) in [7, 11) is 0. The zero-order chi connectivity index (χ0) is 13.5. The minimum atomic E-state index is -0.492. The molecule has 0 amide bonds. The molecule has 0 heterocycles. The van der Waals surface area contributed by atoms with Gasteiger partial charge in [0.25, 0.3) is 0 Å². The van der Waals surface area contributed by atoms with Crippen molar-refractivity contribution >= 4 is 0 Å². The van der Waals surface area contributed by atoms with Crippen molar-refractivity contribution < 1.29 is 9.84 Å². The molecule has 0 unspecified atom stereocenters. The van der Waals surface area contributed by atoms with E-state index in [1.807, 2.05) is 25.1 Å². The van der Waals surface area contributed by atoms with Crippen LogP contribution in [0.15, 0.2) is 18.2 Å². The fraction of sp³-hybridized carbons (Fsp3) is 0.600. The monoisotopic (exact) mass is 251 g/mol. The molecule has 0 aliphatic rings. The van der Waals surface area contributed by atoms with Crippen molar-refractivity contribution in [2.24, 2.45) is 0 Å². The smallest absolute Gasteiger partial charge is 0.125 e. The maximum atomic E-state index is 9.71. The van der Waals surface area contributed by atoms with E-state index in [-0.39, 0.29) is 0 Å². The average Bonchev–Trinajstić information content (AvgIpc) is 2.34. The Kier molecular flexibility index (Phi) is 6.16. The van der Waals surface area contributed by atoms with Crippen LogP contribution in [0.4, 0.5) is 0 Å². The Hall–Kier alpha value is -1.06. The van der Waals surface area contributed by atoms with E-state index in [4.69, 9.17) is 4.74 Å². The fourth-order valence-corrected chi connectivity index (χ4v) is 1.94. The zero-order valence-electron chi connectivity index (χ0n) is 11.9. The van der Waals surface area contributed by atoms with Gasteiger partial charge in [-0.1, -0.05) is 26.0 Å². The first kappa shape index (κ1) is 15.0. The van der Waals surface area contributed by atoms with Crippen LogP contribution in [0.2, 0.25) is 0 Å². The molecule has 3 heteroatoms.